The van der Waals surface area contributed by atoms with E-state index in [1.165, 1.54) is 18.6 Å². The van der Waals surface area contributed by atoms with Crippen molar-refractivity contribution >= 4 is 11.8 Å². The molecule has 2 unspecified atom stereocenters. The lowest BCUT2D eigenvalue weighted by Crippen LogP contribution is -2.41. The summed E-state index contributed by atoms with van der Waals surface area (Å²) in [5.41, 5.74) is 0. The highest BCUT2D eigenvalue weighted by Gasteiger charge is 2.23. The first-order valence-electron chi connectivity index (χ1n) is 4.62. The molecule has 12 heavy (non-hydrogen) atoms. The van der Waals surface area contributed by atoms with E-state index in [0.717, 1.165) is 19.1 Å². The molecule has 1 heterocycles. The summed E-state index contributed by atoms with van der Waals surface area (Å²) in [5, 5.41) is 3.37. The molecule has 0 amide bonds. The third-order valence-corrected chi connectivity index (χ3v) is 3.18. The minimum Gasteiger partial charge on any atom is -0.381 e. The van der Waals surface area contributed by atoms with Crippen LogP contribution in [0.5, 0.6) is 0 Å². The molecule has 1 rings (SSSR count). The Hall–Kier alpha value is 0.270. The molecule has 0 aromatic carbocycles. The molecular weight excluding hydrogens is 170 g/mol. The lowest BCUT2D eigenvalue weighted by molar-refractivity contribution is 0.0331. The second-order valence-electron chi connectivity index (χ2n) is 3.30. The molecule has 0 radical (unpaired) electrons. The second-order valence-corrected chi connectivity index (χ2v) is 4.29. The lowest BCUT2D eigenvalue weighted by Gasteiger charge is -2.31. The second kappa shape index (κ2) is 5.84. The Bertz CT molecular complexity index is 121. The van der Waals surface area contributed by atoms with Crippen molar-refractivity contribution in [3.05, 3.63) is 0 Å². The molecule has 1 aliphatic rings. The summed E-state index contributed by atoms with van der Waals surface area (Å²) < 4.78 is 5.46. The molecule has 0 bridgehead atoms. The van der Waals surface area contributed by atoms with Gasteiger partial charge >= 0.3 is 0 Å². The molecule has 0 aromatic heterocycles. The highest BCUT2D eigenvalue weighted by Crippen LogP contribution is 2.19. The number of hydrogen-bond acceptors (Lipinski definition) is 3. The van der Waals surface area contributed by atoms with E-state index in [4.69, 9.17) is 4.74 Å². The first-order valence-corrected chi connectivity index (χ1v) is 6.01. The quantitative estimate of drug-likeness (QED) is 0.721. The topological polar surface area (TPSA) is 21.3 Å². The zero-order chi connectivity index (χ0) is 8.81. The van der Waals surface area contributed by atoms with Crippen molar-refractivity contribution in [3.63, 3.8) is 0 Å². The van der Waals surface area contributed by atoms with Crippen LogP contribution in [0.25, 0.3) is 0 Å². The Morgan fingerprint density at radius 3 is 3.08 bits per heavy atom. The van der Waals surface area contributed by atoms with Crippen molar-refractivity contribution in [2.45, 2.75) is 18.9 Å². The maximum atomic E-state index is 5.46. The van der Waals surface area contributed by atoms with Crippen molar-refractivity contribution in [2.75, 3.05) is 32.3 Å². The van der Waals surface area contributed by atoms with Crippen LogP contribution >= 0.6 is 11.8 Å². The van der Waals surface area contributed by atoms with Crippen LogP contribution in [0.3, 0.4) is 0 Å². The van der Waals surface area contributed by atoms with E-state index in [-0.39, 0.29) is 0 Å². The van der Waals surface area contributed by atoms with Crippen LogP contribution in [0.4, 0.5) is 0 Å². The SMILES string of the molecule is CNC1CCOCC1CCSC. The molecule has 0 aliphatic carbocycles. The maximum absolute atomic E-state index is 5.46. The molecule has 0 spiro atoms. The molecule has 1 saturated heterocycles. The summed E-state index contributed by atoms with van der Waals surface area (Å²) in [6, 6.07) is 0.686. The minimum atomic E-state index is 0.686. The fraction of sp³-hybridized carbons (Fsp3) is 1.00. The first-order chi connectivity index (χ1) is 5.88. The van der Waals surface area contributed by atoms with E-state index >= 15 is 0 Å². The van der Waals surface area contributed by atoms with E-state index in [2.05, 4.69) is 18.6 Å². The fourth-order valence-electron chi connectivity index (χ4n) is 1.73. The van der Waals surface area contributed by atoms with Gasteiger partial charge in [-0.3, -0.25) is 0 Å². The van der Waals surface area contributed by atoms with Crippen molar-refractivity contribution in [2.24, 2.45) is 5.92 Å². The predicted octanol–water partition coefficient (Wildman–Crippen LogP) is 1.36. The van der Waals surface area contributed by atoms with Crippen LogP contribution < -0.4 is 5.32 Å². The van der Waals surface area contributed by atoms with Crippen molar-refractivity contribution in [1.82, 2.24) is 5.32 Å². The Kier molecular flexibility index (Phi) is 5.04. The third-order valence-electron chi connectivity index (χ3n) is 2.54. The first kappa shape index (κ1) is 10.4. The summed E-state index contributed by atoms with van der Waals surface area (Å²) in [6.45, 7) is 1.88. The molecule has 72 valence electrons. The van der Waals surface area contributed by atoms with E-state index in [1.807, 2.05) is 11.8 Å². The van der Waals surface area contributed by atoms with Crippen LogP contribution in [-0.4, -0.2) is 38.3 Å². The fourth-order valence-corrected chi connectivity index (χ4v) is 2.27. The number of rotatable bonds is 4. The van der Waals surface area contributed by atoms with E-state index < -0.39 is 0 Å². The molecule has 3 heteroatoms. The number of hydrogen-bond donors (Lipinski definition) is 1. The van der Waals surface area contributed by atoms with Crippen LogP contribution in [-0.2, 0) is 4.74 Å². The van der Waals surface area contributed by atoms with Crippen LogP contribution in [0.1, 0.15) is 12.8 Å². The van der Waals surface area contributed by atoms with Crippen molar-refractivity contribution in [1.29, 1.82) is 0 Å². The molecule has 1 N–H and O–H groups in total. The molecule has 2 atom stereocenters. The largest absolute Gasteiger partial charge is 0.381 e. The Balaban J connectivity index is 2.26. The monoisotopic (exact) mass is 189 g/mol. The van der Waals surface area contributed by atoms with Gasteiger partial charge < -0.3 is 10.1 Å². The van der Waals surface area contributed by atoms with E-state index in [0.29, 0.717) is 6.04 Å². The highest BCUT2D eigenvalue weighted by molar-refractivity contribution is 7.98. The van der Waals surface area contributed by atoms with E-state index in [9.17, 15) is 0 Å². The van der Waals surface area contributed by atoms with Gasteiger partial charge in [-0.2, -0.15) is 11.8 Å². The highest BCUT2D eigenvalue weighted by atomic mass is 32.2. The molecule has 1 fully saturated rings. The average molecular weight is 189 g/mol. The Morgan fingerprint density at radius 2 is 2.42 bits per heavy atom. The summed E-state index contributed by atoms with van der Waals surface area (Å²) >= 11 is 1.92. The van der Waals surface area contributed by atoms with Crippen LogP contribution in [0.15, 0.2) is 0 Å². The molecule has 0 saturated carbocycles. The zero-order valence-corrected chi connectivity index (χ0v) is 8.82. The van der Waals surface area contributed by atoms with Gasteiger partial charge in [0.1, 0.15) is 0 Å². The van der Waals surface area contributed by atoms with Crippen molar-refractivity contribution < 1.29 is 4.74 Å². The van der Waals surface area contributed by atoms with Gasteiger partial charge in [0.15, 0.2) is 0 Å². The Morgan fingerprint density at radius 1 is 1.58 bits per heavy atom. The van der Waals surface area contributed by atoms with Gasteiger partial charge in [-0.1, -0.05) is 0 Å². The molecule has 2 nitrogen and oxygen atoms in total. The van der Waals surface area contributed by atoms with Gasteiger partial charge in [-0.15, -0.1) is 0 Å². The van der Waals surface area contributed by atoms with Crippen LogP contribution in [0.2, 0.25) is 0 Å². The van der Waals surface area contributed by atoms with Crippen molar-refractivity contribution in [3.8, 4) is 0 Å². The minimum absolute atomic E-state index is 0.686. The smallest absolute Gasteiger partial charge is 0.0509 e. The summed E-state index contributed by atoms with van der Waals surface area (Å²) in [4.78, 5) is 0. The number of thioether (sulfide) groups is 1. The van der Waals surface area contributed by atoms with Gasteiger partial charge in [0.2, 0.25) is 0 Å². The molecule has 0 aromatic rings. The third kappa shape index (κ3) is 2.96. The predicted molar refractivity (Wildman–Crippen MR) is 54.8 cm³/mol. The summed E-state index contributed by atoms with van der Waals surface area (Å²) in [7, 11) is 2.06. The molecular formula is C9H19NOS. The van der Waals surface area contributed by atoms with Gasteiger partial charge in [-0.25, -0.2) is 0 Å². The summed E-state index contributed by atoms with van der Waals surface area (Å²) in [5.74, 6) is 1.99. The maximum Gasteiger partial charge on any atom is 0.0509 e. The van der Waals surface area contributed by atoms with E-state index in [1.54, 1.807) is 0 Å². The standard InChI is InChI=1S/C9H19NOS/c1-10-9-3-5-11-7-8(9)4-6-12-2/h8-10H,3-7H2,1-2H3. The van der Waals surface area contributed by atoms with Gasteiger partial charge in [0.25, 0.3) is 0 Å². The van der Waals surface area contributed by atoms with Gasteiger partial charge in [-0.05, 0) is 37.8 Å². The summed E-state index contributed by atoms with van der Waals surface area (Å²) in [6.07, 6.45) is 4.63. The van der Waals surface area contributed by atoms with Gasteiger partial charge in [0.05, 0.1) is 6.61 Å². The van der Waals surface area contributed by atoms with Crippen LogP contribution in [0, 0.1) is 5.92 Å². The molecule has 1 aliphatic heterocycles. The van der Waals surface area contributed by atoms with Gasteiger partial charge in [0, 0.05) is 12.6 Å². The normalized spacial score (nSPS) is 30.5. The average Bonchev–Trinajstić information content (AvgIpc) is 2.15. The zero-order valence-electron chi connectivity index (χ0n) is 8.01. The lowest BCUT2D eigenvalue weighted by atomic mass is 9.93. The Labute approximate surface area is 79.4 Å². The number of ether oxygens (including phenoxy) is 1. The number of nitrogens with one attached hydrogen (secondary N) is 1.